The number of amides is 3. The van der Waals surface area contributed by atoms with Gasteiger partial charge in [-0.15, -0.1) is 0 Å². The van der Waals surface area contributed by atoms with Gasteiger partial charge in [-0.05, 0) is 55.9 Å². The number of nitrogens with one attached hydrogen (secondary N) is 3. The molecule has 0 aliphatic carbocycles. The molecule has 4 rings (SSSR count). The fourth-order valence-corrected chi connectivity index (χ4v) is 6.29. The van der Waals surface area contributed by atoms with Gasteiger partial charge < -0.3 is 15.4 Å². The van der Waals surface area contributed by atoms with Crippen molar-refractivity contribution in [3.8, 4) is 0 Å². The highest BCUT2D eigenvalue weighted by Gasteiger charge is 2.35. The molecule has 1 saturated heterocycles. The van der Waals surface area contributed by atoms with Crippen molar-refractivity contribution in [1.29, 1.82) is 0 Å². The lowest BCUT2D eigenvalue weighted by Gasteiger charge is -2.28. The Hall–Kier alpha value is -4.43. The molecule has 3 amide bonds. The van der Waals surface area contributed by atoms with Gasteiger partial charge >= 0.3 is 6.09 Å². The van der Waals surface area contributed by atoms with E-state index in [0.717, 1.165) is 5.39 Å². The second-order valence-corrected chi connectivity index (χ2v) is 13.7. The number of carbonyl (C=O) groups is 3. The van der Waals surface area contributed by atoms with Crippen molar-refractivity contribution in [1.82, 2.24) is 30.3 Å². The van der Waals surface area contributed by atoms with Gasteiger partial charge in [-0.3, -0.25) is 9.59 Å². The summed E-state index contributed by atoms with van der Waals surface area (Å²) in [7, 11) is -4.00. The van der Waals surface area contributed by atoms with E-state index in [2.05, 4.69) is 31.1 Å². The van der Waals surface area contributed by atoms with Gasteiger partial charge in [-0.1, -0.05) is 51.1 Å². The molecular formula is C31H39N7O6S. The monoisotopic (exact) mass is 637 g/mol. The summed E-state index contributed by atoms with van der Waals surface area (Å²) in [6, 6.07) is 13.7. The SMILES string of the molecule is CCOC(=O)N/N=C1\CN(S(=O)(=O)c2ccccn2)CCCC1NC(=O)[C@H](CC(C)(C)C)NC(=O)c1ccc2ccccc2n1. The van der Waals surface area contributed by atoms with Crippen molar-refractivity contribution in [3.63, 3.8) is 0 Å². The Morgan fingerprint density at radius 3 is 2.56 bits per heavy atom. The van der Waals surface area contributed by atoms with Gasteiger partial charge in [-0.2, -0.15) is 9.41 Å². The molecule has 240 valence electrons. The highest BCUT2D eigenvalue weighted by atomic mass is 32.2. The molecule has 1 aliphatic rings. The molecule has 45 heavy (non-hydrogen) atoms. The first-order valence-corrected chi connectivity index (χ1v) is 16.2. The molecule has 0 radical (unpaired) electrons. The maximum Gasteiger partial charge on any atom is 0.427 e. The second-order valence-electron chi connectivity index (χ2n) is 11.8. The first-order chi connectivity index (χ1) is 21.4. The number of hydrogen-bond acceptors (Lipinski definition) is 9. The molecule has 1 unspecified atom stereocenters. The van der Waals surface area contributed by atoms with Gasteiger partial charge in [0, 0.05) is 18.1 Å². The van der Waals surface area contributed by atoms with Gasteiger partial charge in [0.15, 0.2) is 5.03 Å². The lowest BCUT2D eigenvalue weighted by molar-refractivity contribution is -0.124. The molecule has 0 spiro atoms. The summed E-state index contributed by atoms with van der Waals surface area (Å²) < 4.78 is 33.0. The molecule has 0 bridgehead atoms. The number of fused-ring (bicyclic) bond motifs is 1. The summed E-state index contributed by atoms with van der Waals surface area (Å²) >= 11 is 0. The van der Waals surface area contributed by atoms with E-state index < -0.39 is 40.0 Å². The standard InChI is InChI=1S/C31H39N7O6S/c1-5-44-30(41)37-36-26-20-38(45(42,43)27-14-8-9-17-32-27)18-10-13-23(26)34-29(40)25(19-31(2,3)4)35-28(39)24-16-15-21-11-6-7-12-22(21)33-24/h6-9,11-12,14-17,23,25H,5,10,13,18-20H2,1-4H3,(H,34,40)(H,35,39)(H,37,41)/b36-26+/t23?,25-/m0/s1. The number of rotatable bonds is 9. The van der Waals surface area contributed by atoms with E-state index in [0.29, 0.717) is 24.8 Å². The first-order valence-electron chi connectivity index (χ1n) is 14.7. The van der Waals surface area contributed by atoms with Crippen LogP contribution in [-0.4, -0.2) is 78.1 Å². The van der Waals surface area contributed by atoms with Crippen molar-refractivity contribution >= 4 is 44.5 Å². The van der Waals surface area contributed by atoms with Gasteiger partial charge in [0.05, 0.1) is 30.4 Å². The Morgan fingerprint density at radius 2 is 1.84 bits per heavy atom. The van der Waals surface area contributed by atoms with Crippen LogP contribution in [0.3, 0.4) is 0 Å². The number of aromatic nitrogens is 2. The molecule has 13 nitrogen and oxygen atoms in total. The van der Waals surface area contributed by atoms with Crippen LogP contribution >= 0.6 is 0 Å². The van der Waals surface area contributed by atoms with Crippen molar-refractivity contribution in [2.24, 2.45) is 10.5 Å². The summed E-state index contributed by atoms with van der Waals surface area (Å²) in [5.41, 5.74) is 2.98. The third-order valence-electron chi connectivity index (χ3n) is 7.03. The number of sulfonamides is 1. The third kappa shape index (κ3) is 9.05. The van der Waals surface area contributed by atoms with Crippen LogP contribution in [0.5, 0.6) is 0 Å². The molecule has 2 atom stereocenters. The smallest absolute Gasteiger partial charge is 0.427 e. The highest BCUT2D eigenvalue weighted by molar-refractivity contribution is 7.89. The van der Waals surface area contributed by atoms with E-state index >= 15 is 0 Å². The minimum Gasteiger partial charge on any atom is -0.449 e. The van der Waals surface area contributed by atoms with Crippen LogP contribution in [0, 0.1) is 5.41 Å². The number of nitrogens with zero attached hydrogens (tertiary/aromatic N) is 4. The van der Waals surface area contributed by atoms with Crippen LogP contribution < -0.4 is 16.1 Å². The van der Waals surface area contributed by atoms with Crippen molar-refractivity contribution in [3.05, 3.63) is 66.5 Å². The maximum atomic E-state index is 13.8. The van der Waals surface area contributed by atoms with Crippen LogP contribution in [-0.2, 0) is 19.6 Å². The number of hydrazone groups is 1. The largest absolute Gasteiger partial charge is 0.449 e. The Bertz CT molecular complexity index is 1660. The average Bonchev–Trinajstić information content (AvgIpc) is 3.21. The van der Waals surface area contributed by atoms with E-state index in [4.69, 9.17) is 4.74 Å². The predicted octanol–water partition coefficient (Wildman–Crippen LogP) is 3.24. The minimum absolute atomic E-state index is 0.108. The van der Waals surface area contributed by atoms with Crippen molar-refractivity contribution in [2.45, 2.75) is 64.1 Å². The second kappa shape index (κ2) is 14.6. The summed E-state index contributed by atoms with van der Waals surface area (Å²) in [5, 5.41) is 10.7. The molecule has 1 aromatic carbocycles. The Balaban J connectivity index is 1.58. The van der Waals surface area contributed by atoms with E-state index in [1.165, 1.54) is 16.6 Å². The van der Waals surface area contributed by atoms with Crippen molar-refractivity contribution in [2.75, 3.05) is 19.7 Å². The zero-order valence-electron chi connectivity index (χ0n) is 25.8. The maximum absolute atomic E-state index is 13.8. The summed E-state index contributed by atoms with van der Waals surface area (Å²) in [4.78, 5) is 47.7. The molecule has 1 fully saturated rings. The first kappa shape index (κ1) is 33.5. The zero-order chi connectivity index (χ0) is 32.6. The summed E-state index contributed by atoms with van der Waals surface area (Å²) in [6.07, 6.45) is 1.58. The summed E-state index contributed by atoms with van der Waals surface area (Å²) in [6.45, 7) is 7.53. The molecule has 3 heterocycles. The van der Waals surface area contributed by atoms with Crippen LogP contribution in [0.25, 0.3) is 10.9 Å². The number of hydrogen-bond donors (Lipinski definition) is 3. The third-order valence-corrected chi connectivity index (χ3v) is 8.80. The molecule has 14 heteroatoms. The predicted molar refractivity (Wildman–Crippen MR) is 169 cm³/mol. The van der Waals surface area contributed by atoms with Crippen molar-refractivity contribution < 1.29 is 27.5 Å². The number of ether oxygens (including phenoxy) is 1. The Morgan fingerprint density at radius 1 is 1.09 bits per heavy atom. The van der Waals surface area contributed by atoms with Gasteiger partial charge in [0.1, 0.15) is 11.7 Å². The highest BCUT2D eigenvalue weighted by Crippen LogP contribution is 2.23. The fourth-order valence-electron chi connectivity index (χ4n) is 4.91. The molecular weight excluding hydrogens is 598 g/mol. The molecule has 2 aromatic heterocycles. The quantitative estimate of drug-likeness (QED) is 0.300. The number of carbonyl (C=O) groups excluding carboxylic acids is 3. The Kier molecular flexibility index (Phi) is 10.8. The number of benzene rings is 1. The lowest BCUT2D eigenvalue weighted by atomic mass is 9.87. The van der Waals surface area contributed by atoms with E-state index in [1.807, 2.05) is 39.0 Å². The van der Waals surface area contributed by atoms with Crippen LogP contribution in [0.15, 0.2) is 70.9 Å². The normalized spacial score (nSPS) is 17.7. The number of pyridine rings is 2. The van der Waals surface area contributed by atoms with Crippen LogP contribution in [0.4, 0.5) is 4.79 Å². The molecule has 3 N–H and O–H groups in total. The van der Waals surface area contributed by atoms with Gasteiger partial charge in [0.2, 0.25) is 5.91 Å². The Labute approximate surface area is 262 Å². The molecule has 3 aromatic rings. The minimum atomic E-state index is -4.00. The van der Waals surface area contributed by atoms with Gasteiger partial charge in [-0.25, -0.2) is 28.6 Å². The van der Waals surface area contributed by atoms with Crippen LogP contribution in [0.2, 0.25) is 0 Å². The van der Waals surface area contributed by atoms with E-state index in [-0.39, 0.29) is 41.5 Å². The van der Waals surface area contributed by atoms with Gasteiger partial charge in [0.25, 0.3) is 15.9 Å². The fraction of sp³-hybridized carbons (Fsp3) is 0.419. The molecule has 1 aliphatic heterocycles. The lowest BCUT2D eigenvalue weighted by Crippen LogP contribution is -2.53. The topological polar surface area (TPSA) is 172 Å². The van der Waals surface area contributed by atoms with E-state index in [9.17, 15) is 22.8 Å². The zero-order valence-corrected chi connectivity index (χ0v) is 26.6. The van der Waals surface area contributed by atoms with E-state index in [1.54, 1.807) is 37.3 Å². The van der Waals surface area contributed by atoms with Crippen LogP contribution in [0.1, 0.15) is 57.4 Å². The summed E-state index contributed by atoms with van der Waals surface area (Å²) in [5.74, 6) is -0.981. The molecule has 0 saturated carbocycles. The number of para-hydroxylation sites is 1. The average molecular weight is 638 g/mol.